The van der Waals surface area contributed by atoms with E-state index in [1.807, 2.05) is 0 Å². The van der Waals surface area contributed by atoms with Crippen LogP contribution in [0.25, 0.3) is 0 Å². The van der Waals surface area contributed by atoms with Crippen LogP contribution in [-0.4, -0.2) is 30.0 Å². The molecule has 0 spiro atoms. The zero-order chi connectivity index (χ0) is 15.6. The Balaban J connectivity index is 2.26. The van der Waals surface area contributed by atoms with Crippen LogP contribution in [0.4, 0.5) is 5.69 Å². The summed E-state index contributed by atoms with van der Waals surface area (Å²) in [5.74, 6) is -0.312. The number of nitrogens with two attached hydrogens (primary N) is 1. The van der Waals surface area contributed by atoms with Gasteiger partial charge in [0.1, 0.15) is 12.1 Å². The second kappa shape index (κ2) is 5.98. The molecule has 8 heteroatoms. The molecule has 114 valence electrons. The van der Waals surface area contributed by atoms with Gasteiger partial charge in [0.25, 0.3) is 0 Å². The number of primary amides is 1. The smallest absolute Gasteiger partial charge is 0.312 e. The summed E-state index contributed by atoms with van der Waals surface area (Å²) in [5.41, 5.74) is 4.34. The van der Waals surface area contributed by atoms with Crippen LogP contribution < -0.4 is 15.8 Å². The predicted molar refractivity (Wildman–Crippen MR) is 80.0 cm³/mol. The summed E-state index contributed by atoms with van der Waals surface area (Å²) >= 11 is 3.23. The second-order valence-corrected chi connectivity index (χ2v) is 5.85. The lowest BCUT2D eigenvalue weighted by Crippen LogP contribution is -2.59. The highest BCUT2D eigenvalue weighted by atomic mass is 79.9. The van der Waals surface area contributed by atoms with E-state index in [2.05, 4.69) is 21.2 Å². The number of hydrogen-bond acceptors (Lipinski definition) is 5. The summed E-state index contributed by atoms with van der Waals surface area (Å²) in [6.45, 7) is -0.0487. The summed E-state index contributed by atoms with van der Waals surface area (Å²) in [4.78, 5) is 22.3. The fourth-order valence-corrected chi connectivity index (χ4v) is 2.81. The number of rotatable bonds is 7. The molecular weight excluding hydrogens is 342 g/mol. The largest absolute Gasteiger partial charge is 0.483 e. The summed E-state index contributed by atoms with van der Waals surface area (Å²) in [7, 11) is 1.64. The van der Waals surface area contributed by atoms with Crippen molar-refractivity contribution in [1.29, 1.82) is 0 Å². The molecule has 0 radical (unpaired) electrons. The van der Waals surface area contributed by atoms with Gasteiger partial charge in [-0.1, -0.05) is 6.07 Å². The molecule has 3 N–H and O–H groups in total. The molecular formula is C13H16BrN3O4. The Bertz CT molecular complexity index is 577. The lowest BCUT2D eigenvalue weighted by Gasteiger charge is -2.30. The van der Waals surface area contributed by atoms with Crippen molar-refractivity contribution in [2.24, 2.45) is 11.7 Å². The molecule has 21 heavy (non-hydrogen) atoms. The lowest BCUT2D eigenvalue weighted by atomic mass is 9.93. The van der Waals surface area contributed by atoms with E-state index in [1.165, 1.54) is 6.07 Å². The Kier molecular flexibility index (Phi) is 4.48. The van der Waals surface area contributed by atoms with Gasteiger partial charge in [0.15, 0.2) is 0 Å². The highest BCUT2D eigenvalue weighted by molar-refractivity contribution is 9.10. The van der Waals surface area contributed by atoms with Crippen LogP contribution in [0.15, 0.2) is 22.7 Å². The summed E-state index contributed by atoms with van der Waals surface area (Å²) in [6.07, 6.45) is 1.76. The van der Waals surface area contributed by atoms with Gasteiger partial charge in [-0.05, 0) is 47.8 Å². The average Bonchev–Trinajstić information content (AvgIpc) is 3.25. The summed E-state index contributed by atoms with van der Waals surface area (Å²) < 4.78 is 6.06. The third-order valence-electron chi connectivity index (χ3n) is 3.75. The molecule has 2 rings (SSSR count). The van der Waals surface area contributed by atoms with E-state index in [1.54, 1.807) is 19.2 Å². The third-order valence-corrected chi connectivity index (χ3v) is 4.37. The van der Waals surface area contributed by atoms with Crippen LogP contribution >= 0.6 is 15.9 Å². The Hall–Kier alpha value is -1.67. The summed E-state index contributed by atoms with van der Waals surface area (Å²) in [5, 5.41) is 14.0. The van der Waals surface area contributed by atoms with Crippen LogP contribution in [0, 0.1) is 16.0 Å². The van der Waals surface area contributed by atoms with Gasteiger partial charge in [-0.2, -0.15) is 0 Å². The zero-order valence-corrected chi connectivity index (χ0v) is 13.1. The van der Waals surface area contributed by atoms with Gasteiger partial charge in [0.2, 0.25) is 11.7 Å². The number of carbonyl (C=O) groups excluding carboxylic acids is 1. The number of nitro groups is 1. The van der Waals surface area contributed by atoms with Crippen molar-refractivity contribution in [3.63, 3.8) is 0 Å². The first-order valence-corrected chi connectivity index (χ1v) is 7.26. The molecule has 0 aliphatic heterocycles. The molecule has 1 aliphatic rings. The first-order chi connectivity index (χ1) is 9.92. The number of benzene rings is 1. The topological polar surface area (TPSA) is 107 Å². The van der Waals surface area contributed by atoms with Gasteiger partial charge >= 0.3 is 5.69 Å². The Morgan fingerprint density at radius 3 is 2.76 bits per heavy atom. The number of hydrogen-bond donors (Lipinski definition) is 2. The molecule has 1 amide bonds. The molecule has 1 aromatic rings. The van der Waals surface area contributed by atoms with E-state index >= 15 is 0 Å². The minimum Gasteiger partial charge on any atom is -0.483 e. The van der Waals surface area contributed by atoms with Crippen LogP contribution in [-0.2, 0) is 4.79 Å². The van der Waals surface area contributed by atoms with Crippen molar-refractivity contribution in [2.75, 3.05) is 13.7 Å². The highest BCUT2D eigenvalue weighted by Gasteiger charge is 2.50. The number of carbonyl (C=O) groups is 1. The van der Waals surface area contributed by atoms with Crippen molar-refractivity contribution in [1.82, 2.24) is 5.32 Å². The number of amides is 1. The van der Waals surface area contributed by atoms with E-state index in [9.17, 15) is 14.9 Å². The highest BCUT2D eigenvalue weighted by Crippen LogP contribution is 2.41. The molecule has 1 aliphatic carbocycles. The Labute approximate surface area is 130 Å². The van der Waals surface area contributed by atoms with Gasteiger partial charge in [-0.25, -0.2) is 0 Å². The van der Waals surface area contributed by atoms with Crippen LogP contribution in [0.3, 0.4) is 0 Å². The van der Waals surface area contributed by atoms with Crippen LogP contribution in [0.2, 0.25) is 0 Å². The first kappa shape index (κ1) is 15.7. The zero-order valence-electron chi connectivity index (χ0n) is 11.5. The van der Waals surface area contributed by atoms with Gasteiger partial charge in [0, 0.05) is 6.07 Å². The quantitative estimate of drug-likeness (QED) is 0.569. The molecule has 0 saturated heterocycles. The maximum atomic E-state index is 11.8. The lowest BCUT2D eigenvalue weighted by molar-refractivity contribution is -0.386. The van der Waals surface area contributed by atoms with Gasteiger partial charge in [-0.3, -0.25) is 14.9 Å². The minimum atomic E-state index is -0.997. The standard InChI is InChI=1S/C13H16BrN3O4/c1-16-13(12(15)18,8-5-6-8)7-21-11-9(14)3-2-4-10(11)17(19)20/h2-4,8,16H,5-7H2,1H3,(H2,15,18). The van der Waals surface area contributed by atoms with E-state index in [0.717, 1.165) is 12.8 Å². The minimum absolute atomic E-state index is 0.0487. The number of para-hydroxylation sites is 1. The Morgan fingerprint density at radius 1 is 1.62 bits per heavy atom. The number of nitro benzene ring substituents is 1. The van der Waals surface area contributed by atoms with Gasteiger partial charge in [-0.15, -0.1) is 0 Å². The van der Waals surface area contributed by atoms with Crippen LogP contribution in [0.5, 0.6) is 5.75 Å². The predicted octanol–water partition coefficient (Wildman–Crippen LogP) is 1.59. The molecule has 1 saturated carbocycles. The van der Waals surface area contributed by atoms with E-state index in [-0.39, 0.29) is 24.0 Å². The molecule has 1 aromatic carbocycles. The van der Waals surface area contributed by atoms with Gasteiger partial charge in [0.05, 0.1) is 9.40 Å². The first-order valence-electron chi connectivity index (χ1n) is 6.47. The van der Waals surface area contributed by atoms with Crippen molar-refractivity contribution < 1.29 is 14.5 Å². The molecule has 7 nitrogen and oxygen atoms in total. The number of ether oxygens (including phenoxy) is 1. The number of nitrogens with one attached hydrogen (secondary N) is 1. The van der Waals surface area contributed by atoms with E-state index in [4.69, 9.17) is 10.5 Å². The third kappa shape index (κ3) is 3.01. The molecule has 1 unspecified atom stereocenters. The second-order valence-electron chi connectivity index (χ2n) is 4.99. The summed E-state index contributed by atoms with van der Waals surface area (Å²) in [6, 6.07) is 4.54. The Morgan fingerprint density at radius 2 is 2.29 bits per heavy atom. The molecule has 1 fully saturated rings. The van der Waals surface area contributed by atoms with Crippen molar-refractivity contribution >= 4 is 27.5 Å². The van der Waals surface area contributed by atoms with Gasteiger partial charge < -0.3 is 15.8 Å². The van der Waals surface area contributed by atoms with E-state index < -0.39 is 16.4 Å². The normalized spacial score (nSPS) is 17.0. The fraction of sp³-hybridized carbons (Fsp3) is 0.462. The molecule has 0 aromatic heterocycles. The number of halogens is 1. The maximum absolute atomic E-state index is 11.8. The number of likely N-dealkylation sites (N-methyl/N-ethyl adjacent to an activating group) is 1. The SMILES string of the molecule is CNC(COc1c(Br)cccc1[N+](=O)[O-])(C(N)=O)C1CC1. The number of nitrogens with zero attached hydrogens (tertiary/aromatic N) is 1. The molecule has 0 heterocycles. The molecule has 0 bridgehead atoms. The van der Waals surface area contributed by atoms with Crippen molar-refractivity contribution in [3.05, 3.63) is 32.8 Å². The average molecular weight is 358 g/mol. The van der Waals surface area contributed by atoms with Crippen LogP contribution in [0.1, 0.15) is 12.8 Å². The van der Waals surface area contributed by atoms with E-state index in [0.29, 0.717) is 4.47 Å². The fourth-order valence-electron chi connectivity index (χ4n) is 2.34. The van der Waals surface area contributed by atoms with Crippen molar-refractivity contribution in [3.8, 4) is 5.75 Å². The molecule has 1 atom stereocenters. The monoisotopic (exact) mass is 357 g/mol. The van der Waals surface area contributed by atoms with Crippen molar-refractivity contribution in [2.45, 2.75) is 18.4 Å². The maximum Gasteiger partial charge on any atom is 0.312 e.